The fourth-order valence-corrected chi connectivity index (χ4v) is 2.02. The average molecular weight is 269 g/mol. The highest BCUT2D eigenvalue weighted by Crippen LogP contribution is 2.26. The molecule has 0 fully saturated rings. The highest BCUT2D eigenvalue weighted by Gasteiger charge is 2.20. The molecule has 0 radical (unpaired) electrons. The number of halogens is 1. The molecule has 98 valence electrons. The van der Waals surface area contributed by atoms with Gasteiger partial charge in [-0.05, 0) is 26.2 Å². The van der Waals surface area contributed by atoms with Crippen molar-refractivity contribution in [3.63, 3.8) is 0 Å². The summed E-state index contributed by atoms with van der Waals surface area (Å²) in [4.78, 5) is 2.08. The van der Waals surface area contributed by atoms with Crippen LogP contribution in [0.15, 0.2) is 29.0 Å². The van der Waals surface area contributed by atoms with Gasteiger partial charge in [-0.3, -0.25) is 4.68 Å². The molecule has 2 rings (SSSR count). The predicted molar refractivity (Wildman–Crippen MR) is 70.5 cm³/mol. The van der Waals surface area contributed by atoms with E-state index in [0.29, 0.717) is 10.8 Å². The summed E-state index contributed by atoms with van der Waals surface area (Å²) in [5.74, 6) is 0.684. The van der Waals surface area contributed by atoms with Gasteiger partial charge in [-0.15, -0.1) is 0 Å². The number of aromatic nitrogens is 2. The van der Waals surface area contributed by atoms with Gasteiger partial charge < -0.3 is 15.1 Å². The van der Waals surface area contributed by atoms with Crippen molar-refractivity contribution in [1.82, 2.24) is 14.7 Å². The number of nitrogens with two attached hydrogens (primary N) is 1. The topological polar surface area (TPSA) is 60.2 Å². The van der Waals surface area contributed by atoms with Crippen LogP contribution in [0.25, 0.3) is 0 Å². The number of rotatable bonds is 5. The monoisotopic (exact) mass is 268 g/mol. The van der Waals surface area contributed by atoms with Gasteiger partial charge in [0.1, 0.15) is 11.8 Å². The summed E-state index contributed by atoms with van der Waals surface area (Å²) in [5.41, 5.74) is 6.95. The van der Waals surface area contributed by atoms with Crippen molar-refractivity contribution < 1.29 is 4.42 Å². The van der Waals surface area contributed by atoms with E-state index in [0.717, 1.165) is 18.8 Å². The van der Waals surface area contributed by atoms with Crippen molar-refractivity contribution in [3.05, 3.63) is 41.1 Å². The van der Waals surface area contributed by atoms with Gasteiger partial charge in [-0.1, -0.05) is 11.6 Å². The SMILES string of the molecule is CN(C)CCn1ncc(Cl)c1C(N)c1ccco1. The maximum atomic E-state index is 6.16. The molecule has 0 saturated carbocycles. The van der Waals surface area contributed by atoms with E-state index in [9.17, 15) is 0 Å². The van der Waals surface area contributed by atoms with Gasteiger partial charge in [0.2, 0.25) is 0 Å². The van der Waals surface area contributed by atoms with Crippen LogP contribution in [0, 0.1) is 0 Å². The number of hydrogen-bond donors (Lipinski definition) is 1. The zero-order valence-corrected chi connectivity index (χ0v) is 11.3. The molecule has 5 nitrogen and oxygen atoms in total. The summed E-state index contributed by atoms with van der Waals surface area (Å²) in [6, 6.07) is 3.26. The van der Waals surface area contributed by atoms with Gasteiger partial charge >= 0.3 is 0 Å². The minimum atomic E-state index is -0.392. The fraction of sp³-hybridized carbons (Fsp3) is 0.417. The number of furan rings is 1. The Balaban J connectivity index is 2.23. The highest BCUT2D eigenvalue weighted by atomic mass is 35.5. The summed E-state index contributed by atoms with van der Waals surface area (Å²) in [6.07, 6.45) is 3.22. The lowest BCUT2D eigenvalue weighted by molar-refractivity contribution is 0.365. The maximum Gasteiger partial charge on any atom is 0.126 e. The molecule has 2 heterocycles. The van der Waals surface area contributed by atoms with Crippen LogP contribution in [-0.2, 0) is 6.54 Å². The van der Waals surface area contributed by atoms with Crippen molar-refractivity contribution in [3.8, 4) is 0 Å². The first-order valence-electron chi connectivity index (χ1n) is 5.74. The first-order chi connectivity index (χ1) is 8.59. The second-order valence-corrected chi connectivity index (χ2v) is 4.80. The van der Waals surface area contributed by atoms with Crippen LogP contribution in [0.2, 0.25) is 5.02 Å². The number of likely N-dealkylation sites (N-methyl/N-ethyl adjacent to an activating group) is 1. The van der Waals surface area contributed by atoms with Crippen molar-refractivity contribution in [2.24, 2.45) is 5.73 Å². The third kappa shape index (κ3) is 2.75. The molecule has 0 saturated heterocycles. The van der Waals surface area contributed by atoms with Crippen molar-refractivity contribution in [1.29, 1.82) is 0 Å². The fourth-order valence-electron chi connectivity index (χ4n) is 1.76. The summed E-state index contributed by atoms with van der Waals surface area (Å²) in [5, 5.41) is 4.82. The van der Waals surface area contributed by atoms with Gasteiger partial charge in [0.25, 0.3) is 0 Å². The van der Waals surface area contributed by atoms with Crippen molar-refractivity contribution in [2.45, 2.75) is 12.6 Å². The Morgan fingerprint density at radius 1 is 1.56 bits per heavy atom. The van der Waals surface area contributed by atoms with Crippen molar-refractivity contribution in [2.75, 3.05) is 20.6 Å². The average Bonchev–Trinajstić information content (AvgIpc) is 2.94. The Morgan fingerprint density at radius 2 is 2.33 bits per heavy atom. The smallest absolute Gasteiger partial charge is 0.126 e. The van der Waals surface area contributed by atoms with Crippen LogP contribution in [0.4, 0.5) is 0 Å². The van der Waals surface area contributed by atoms with Gasteiger partial charge in [0.15, 0.2) is 0 Å². The minimum absolute atomic E-state index is 0.392. The number of nitrogens with zero attached hydrogens (tertiary/aromatic N) is 3. The molecule has 1 unspecified atom stereocenters. The van der Waals surface area contributed by atoms with E-state index in [-0.39, 0.29) is 0 Å². The Kier molecular flexibility index (Phi) is 4.06. The summed E-state index contributed by atoms with van der Waals surface area (Å²) in [7, 11) is 4.02. The summed E-state index contributed by atoms with van der Waals surface area (Å²) >= 11 is 6.15. The van der Waals surface area contributed by atoms with E-state index >= 15 is 0 Å². The lowest BCUT2D eigenvalue weighted by atomic mass is 10.1. The zero-order valence-electron chi connectivity index (χ0n) is 10.5. The zero-order chi connectivity index (χ0) is 13.1. The van der Waals surface area contributed by atoms with E-state index in [1.807, 2.05) is 30.9 Å². The molecule has 0 aliphatic rings. The Labute approximate surface area is 111 Å². The van der Waals surface area contributed by atoms with E-state index < -0.39 is 6.04 Å². The largest absolute Gasteiger partial charge is 0.467 e. The van der Waals surface area contributed by atoms with E-state index in [4.69, 9.17) is 21.8 Å². The molecule has 2 aromatic heterocycles. The molecule has 0 amide bonds. The molecular formula is C12H17ClN4O. The second-order valence-electron chi connectivity index (χ2n) is 4.40. The van der Waals surface area contributed by atoms with Crippen LogP contribution in [0.1, 0.15) is 17.5 Å². The molecular weight excluding hydrogens is 252 g/mol. The number of hydrogen-bond acceptors (Lipinski definition) is 4. The second kappa shape index (κ2) is 5.56. The standard InChI is InChI=1S/C12H17ClN4O/c1-16(2)5-6-17-12(9(13)8-15-17)11(14)10-4-3-7-18-10/h3-4,7-8,11H,5-6,14H2,1-2H3. The predicted octanol–water partition coefficient (Wildman–Crippen LogP) is 1.74. The van der Waals surface area contributed by atoms with Crippen LogP contribution < -0.4 is 5.73 Å². The molecule has 18 heavy (non-hydrogen) atoms. The first kappa shape index (κ1) is 13.1. The molecule has 0 aliphatic carbocycles. The third-order valence-corrected chi connectivity index (χ3v) is 3.03. The van der Waals surface area contributed by atoms with E-state index in [1.165, 1.54) is 0 Å². The third-order valence-electron chi connectivity index (χ3n) is 2.74. The molecule has 0 aliphatic heterocycles. The molecule has 0 spiro atoms. The minimum Gasteiger partial charge on any atom is -0.467 e. The molecule has 6 heteroatoms. The van der Waals surface area contributed by atoms with E-state index in [2.05, 4.69) is 10.00 Å². The maximum absolute atomic E-state index is 6.16. The molecule has 1 atom stereocenters. The Hall–Kier alpha value is -1.30. The lowest BCUT2D eigenvalue weighted by Crippen LogP contribution is -2.23. The molecule has 2 N–H and O–H groups in total. The highest BCUT2D eigenvalue weighted by molar-refractivity contribution is 6.31. The summed E-state index contributed by atoms with van der Waals surface area (Å²) < 4.78 is 7.15. The van der Waals surface area contributed by atoms with Crippen LogP contribution >= 0.6 is 11.6 Å². The van der Waals surface area contributed by atoms with Gasteiger partial charge in [-0.2, -0.15) is 5.10 Å². The molecule has 0 bridgehead atoms. The van der Waals surface area contributed by atoms with Gasteiger partial charge in [-0.25, -0.2) is 0 Å². The lowest BCUT2D eigenvalue weighted by Gasteiger charge is -2.15. The summed E-state index contributed by atoms with van der Waals surface area (Å²) in [6.45, 7) is 1.61. The normalized spacial score (nSPS) is 13.2. The van der Waals surface area contributed by atoms with Crippen molar-refractivity contribution >= 4 is 11.6 Å². The van der Waals surface area contributed by atoms with Crippen LogP contribution in [0.3, 0.4) is 0 Å². The molecule has 2 aromatic rings. The Morgan fingerprint density at radius 3 is 2.94 bits per heavy atom. The Bertz CT molecular complexity index is 492. The molecule has 0 aromatic carbocycles. The van der Waals surface area contributed by atoms with Crippen LogP contribution in [0.5, 0.6) is 0 Å². The van der Waals surface area contributed by atoms with Gasteiger partial charge in [0, 0.05) is 6.54 Å². The van der Waals surface area contributed by atoms with Crippen LogP contribution in [-0.4, -0.2) is 35.3 Å². The quantitative estimate of drug-likeness (QED) is 0.897. The van der Waals surface area contributed by atoms with E-state index in [1.54, 1.807) is 12.5 Å². The van der Waals surface area contributed by atoms with Gasteiger partial charge in [0.05, 0.1) is 29.7 Å². The first-order valence-corrected chi connectivity index (χ1v) is 6.12.